The third-order valence-electron chi connectivity index (χ3n) is 2.12. The van der Waals surface area contributed by atoms with Crippen molar-refractivity contribution in [3.05, 3.63) is 45.5 Å². The summed E-state index contributed by atoms with van der Waals surface area (Å²) in [6.07, 6.45) is 0. The van der Waals surface area contributed by atoms with Crippen LogP contribution in [0.4, 0.5) is 0 Å². The Morgan fingerprint density at radius 2 is 1.33 bits per heavy atom. The smallest absolute Gasteiger partial charge is 0.370 e. The average molecular weight is 248 g/mol. The van der Waals surface area contributed by atoms with E-state index in [0.29, 0.717) is 11.1 Å². The normalized spacial score (nSPS) is 10.7. The van der Waals surface area contributed by atoms with Crippen LogP contribution in [-0.2, 0) is 0 Å². The number of nitrogens with zero attached hydrogens (tertiary/aromatic N) is 2. The molecular weight excluding hydrogens is 244 g/mol. The summed E-state index contributed by atoms with van der Waals surface area (Å²) >= 11 is 0. The topological polar surface area (TPSA) is 112 Å². The molecule has 0 bridgehead atoms. The van der Waals surface area contributed by atoms with Gasteiger partial charge in [-0.3, -0.25) is 9.05 Å². The van der Waals surface area contributed by atoms with Crippen LogP contribution in [0.3, 0.4) is 0 Å². The first-order valence-electron chi connectivity index (χ1n) is 4.77. The van der Waals surface area contributed by atoms with Gasteiger partial charge in [0.25, 0.3) is 11.8 Å². The van der Waals surface area contributed by atoms with Gasteiger partial charge in [-0.1, -0.05) is 6.07 Å². The Balaban J connectivity index is 2.09. The van der Waals surface area contributed by atoms with Crippen LogP contribution in [0.1, 0.15) is 0 Å². The van der Waals surface area contributed by atoms with Crippen LogP contribution in [-0.4, -0.2) is 10.3 Å². The Hall–Kier alpha value is -2.90. The maximum atomic E-state index is 10.7. The highest BCUT2D eigenvalue weighted by Crippen LogP contribution is 2.22. The number of aromatic nitrogens is 2. The zero-order valence-corrected chi connectivity index (χ0v) is 8.65. The molecule has 3 aromatic rings. The molecule has 2 aromatic heterocycles. The van der Waals surface area contributed by atoms with Crippen molar-refractivity contribution in [2.24, 2.45) is 0 Å². The molecule has 0 saturated carbocycles. The summed E-state index contributed by atoms with van der Waals surface area (Å²) in [5.41, 5.74) is 0.952. The highest BCUT2D eigenvalue weighted by atomic mass is 16.6. The molecule has 3 rings (SSSR count). The summed E-state index contributed by atoms with van der Waals surface area (Å²) in [6, 6.07) is 6.49. The largest absolute Gasteiger partial charge is 0.542 e. The zero-order chi connectivity index (χ0) is 12.5. The lowest BCUT2D eigenvalue weighted by atomic mass is 10.1. The molecule has 90 valence electrons. The Bertz CT molecular complexity index is 729. The monoisotopic (exact) mass is 248 g/mol. The van der Waals surface area contributed by atoms with Gasteiger partial charge < -0.3 is 8.83 Å². The summed E-state index contributed by atoms with van der Waals surface area (Å²) in [7, 11) is 0. The minimum absolute atomic E-state index is 0.0210. The van der Waals surface area contributed by atoms with E-state index in [1.165, 1.54) is 0 Å². The first-order valence-corrected chi connectivity index (χ1v) is 4.77. The third kappa shape index (κ3) is 1.75. The van der Waals surface area contributed by atoms with Gasteiger partial charge in [0.2, 0.25) is 0 Å². The third-order valence-corrected chi connectivity index (χ3v) is 2.12. The lowest BCUT2D eigenvalue weighted by Gasteiger charge is -1.95. The number of rotatable bonds is 2. The van der Waals surface area contributed by atoms with E-state index in [0.717, 1.165) is 0 Å². The van der Waals surface area contributed by atoms with E-state index in [1.807, 2.05) is 0 Å². The molecule has 0 spiro atoms. The highest BCUT2D eigenvalue weighted by Gasteiger charge is 2.11. The molecule has 0 fully saturated rings. The second-order valence-electron chi connectivity index (χ2n) is 3.26. The van der Waals surface area contributed by atoms with E-state index < -0.39 is 11.6 Å². The van der Waals surface area contributed by atoms with Crippen molar-refractivity contribution in [2.75, 3.05) is 0 Å². The fourth-order valence-electron chi connectivity index (χ4n) is 1.40. The minimum atomic E-state index is -0.900. The molecule has 2 heterocycles. The molecule has 0 unspecified atom stereocenters. The maximum Gasteiger partial charge on any atom is 0.542 e. The van der Waals surface area contributed by atoms with Crippen molar-refractivity contribution in [2.45, 2.75) is 0 Å². The summed E-state index contributed by atoms with van der Waals surface area (Å²) in [5, 5.41) is 6.87. The quantitative estimate of drug-likeness (QED) is 0.657. The molecule has 0 N–H and O–H groups in total. The van der Waals surface area contributed by atoms with Gasteiger partial charge in [0, 0.05) is 11.1 Å². The van der Waals surface area contributed by atoms with Crippen molar-refractivity contribution in [1.29, 1.82) is 0 Å². The molecule has 0 aliphatic rings. The standard InChI is InChI=1S/C10H4N2O6/c13-9-15-7(11-17-9)5-2-1-3-6(4-5)8-12-18-10(14)16-8/h1-4H. The first kappa shape index (κ1) is 10.3. The summed E-state index contributed by atoms with van der Waals surface area (Å²) in [6.45, 7) is 0. The van der Waals surface area contributed by atoms with Crippen molar-refractivity contribution in [1.82, 2.24) is 10.3 Å². The van der Waals surface area contributed by atoms with Gasteiger partial charge in [0.1, 0.15) is 0 Å². The molecule has 0 saturated heterocycles. The first-order chi connectivity index (χ1) is 8.72. The van der Waals surface area contributed by atoms with Crippen molar-refractivity contribution in [3.8, 4) is 22.9 Å². The van der Waals surface area contributed by atoms with Crippen molar-refractivity contribution in [3.63, 3.8) is 0 Å². The van der Waals surface area contributed by atoms with Gasteiger partial charge in [-0.25, -0.2) is 9.59 Å². The van der Waals surface area contributed by atoms with Crippen LogP contribution in [0.15, 0.2) is 51.7 Å². The molecule has 8 nitrogen and oxygen atoms in total. The van der Waals surface area contributed by atoms with Crippen LogP contribution < -0.4 is 11.6 Å². The van der Waals surface area contributed by atoms with Crippen molar-refractivity contribution < 1.29 is 17.9 Å². The Kier molecular flexibility index (Phi) is 2.19. The lowest BCUT2D eigenvalue weighted by molar-refractivity contribution is 0.335. The van der Waals surface area contributed by atoms with E-state index in [4.69, 9.17) is 8.83 Å². The average Bonchev–Trinajstić information content (AvgIpc) is 2.98. The molecular formula is C10H4N2O6. The van der Waals surface area contributed by atoms with Crippen LogP contribution >= 0.6 is 0 Å². The lowest BCUT2D eigenvalue weighted by Crippen LogP contribution is -1.86. The number of benzene rings is 1. The molecule has 0 aliphatic heterocycles. The molecule has 0 atom stereocenters. The predicted molar refractivity (Wildman–Crippen MR) is 54.5 cm³/mol. The second-order valence-corrected chi connectivity index (χ2v) is 3.26. The van der Waals surface area contributed by atoms with Gasteiger partial charge in [-0.05, 0) is 28.5 Å². The summed E-state index contributed by atoms with van der Waals surface area (Å²) < 4.78 is 18.0. The van der Waals surface area contributed by atoms with Gasteiger partial charge in [0.15, 0.2) is 0 Å². The van der Waals surface area contributed by atoms with Crippen LogP contribution in [0, 0.1) is 0 Å². The molecule has 18 heavy (non-hydrogen) atoms. The molecule has 0 aliphatic carbocycles. The fourth-order valence-corrected chi connectivity index (χ4v) is 1.40. The van der Waals surface area contributed by atoms with Gasteiger partial charge in [-0.2, -0.15) is 0 Å². The molecule has 0 amide bonds. The number of hydrogen-bond donors (Lipinski definition) is 0. The van der Waals surface area contributed by atoms with E-state index in [1.54, 1.807) is 24.3 Å². The van der Waals surface area contributed by atoms with E-state index in [9.17, 15) is 9.59 Å². The van der Waals surface area contributed by atoms with Crippen LogP contribution in [0.25, 0.3) is 22.9 Å². The Morgan fingerprint density at radius 3 is 1.72 bits per heavy atom. The summed E-state index contributed by atoms with van der Waals surface area (Å²) in [4.78, 5) is 21.5. The van der Waals surface area contributed by atoms with Gasteiger partial charge in [-0.15, -0.1) is 0 Å². The van der Waals surface area contributed by atoms with Crippen LogP contribution in [0.5, 0.6) is 0 Å². The zero-order valence-electron chi connectivity index (χ0n) is 8.65. The second kappa shape index (κ2) is 3.84. The van der Waals surface area contributed by atoms with E-state index in [2.05, 4.69) is 19.4 Å². The molecule has 1 aromatic carbocycles. The van der Waals surface area contributed by atoms with Gasteiger partial charge >= 0.3 is 11.6 Å². The Labute approximate surface area is 97.4 Å². The van der Waals surface area contributed by atoms with E-state index in [-0.39, 0.29) is 11.8 Å². The van der Waals surface area contributed by atoms with Gasteiger partial charge in [0.05, 0.1) is 0 Å². The minimum Gasteiger partial charge on any atom is -0.370 e. The van der Waals surface area contributed by atoms with Crippen LogP contribution in [0.2, 0.25) is 0 Å². The molecule has 0 radical (unpaired) electrons. The number of hydrogen-bond acceptors (Lipinski definition) is 8. The fraction of sp³-hybridized carbons (Fsp3) is 0. The highest BCUT2D eigenvalue weighted by molar-refractivity contribution is 5.63. The van der Waals surface area contributed by atoms with Crippen molar-refractivity contribution >= 4 is 0 Å². The summed E-state index contributed by atoms with van der Waals surface area (Å²) in [5.74, 6) is -1.76. The maximum absolute atomic E-state index is 10.7. The predicted octanol–water partition coefficient (Wildman–Crippen LogP) is 0.903. The molecule has 8 heteroatoms. The SMILES string of the molecule is O=c1onc(-c2cccc(-c3noc(=O)o3)c2)o1. The Morgan fingerprint density at radius 1 is 0.833 bits per heavy atom. The van der Waals surface area contributed by atoms with E-state index >= 15 is 0 Å².